The van der Waals surface area contributed by atoms with Gasteiger partial charge in [0.1, 0.15) is 12.4 Å². The zero-order valence-electron chi connectivity index (χ0n) is 10.8. The molecule has 3 aromatic carbocycles. The summed E-state index contributed by atoms with van der Waals surface area (Å²) in [6.45, 7) is 0.450. The number of nitrogens with two attached hydrogens (primary N) is 1. The Morgan fingerprint density at radius 3 is 2.50 bits per heavy atom. The number of anilines is 1. The van der Waals surface area contributed by atoms with E-state index in [0.29, 0.717) is 6.61 Å². The smallest absolute Gasteiger partial charge is 0.120 e. The average Bonchev–Trinajstić information content (AvgIpc) is 2.46. The summed E-state index contributed by atoms with van der Waals surface area (Å²) in [5.41, 5.74) is 7.68. The molecule has 0 unspecified atom stereocenters. The largest absolute Gasteiger partial charge is 0.489 e. The first-order valence-electron chi connectivity index (χ1n) is 6.38. The first kappa shape index (κ1) is 13.0. The van der Waals surface area contributed by atoms with Crippen LogP contribution in [0.25, 0.3) is 10.8 Å². The number of benzene rings is 3. The third-order valence-corrected chi connectivity index (χ3v) is 4.00. The van der Waals surface area contributed by atoms with Gasteiger partial charge in [-0.3, -0.25) is 0 Å². The number of fused-ring (bicyclic) bond motifs is 1. The van der Waals surface area contributed by atoms with Crippen molar-refractivity contribution in [2.45, 2.75) is 6.61 Å². The summed E-state index contributed by atoms with van der Waals surface area (Å²) in [5, 5.41) is 2.38. The van der Waals surface area contributed by atoms with Gasteiger partial charge >= 0.3 is 0 Å². The van der Waals surface area contributed by atoms with Crippen molar-refractivity contribution in [3.8, 4) is 5.75 Å². The number of hydrogen-bond acceptors (Lipinski definition) is 2. The molecule has 0 aliphatic heterocycles. The Morgan fingerprint density at radius 1 is 0.900 bits per heavy atom. The molecule has 0 bridgehead atoms. The van der Waals surface area contributed by atoms with Crippen LogP contribution in [0.5, 0.6) is 5.75 Å². The van der Waals surface area contributed by atoms with Crippen LogP contribution in [0.3, 0.4) is 0 Å². The summed E-state index contributed by atoms with van der Waals surface area (Å²) in [6, 6.07) is 20.1. The summed E-state index contributed by atoms with van der Waals surface area (Å²) >= 11 is 3.50. The molecule has 0 heterocycles. The minimum atomic E-state index is 0.450. The van der Waals surface area contributed by atoms with E-state index in [2.05, 4.69) is 34.1 Å². The van der Waals surface area contributed by atoms with E-state index in [-0.39, 0.29) is 0 Å². The van der Waals surface area contributed by atoms with Crippen LogP contribution in [0.2, 0.25) is 0 Å². The molecule has 0 saturated heterocycles. The molecule has 100 valence electrons. The topological polar surface area (TPSA) is 35.2 Å². The number of rotatable bonds is 3. The van der Waals surface area contributed by atoms with Gasteiger partial charge < -0.3 is 10.5 Å². The second-order valence-electron chi connectivity index (χ2n) is 4.61. The lowest BCUT2D eigenvalue weighted by atomic mass is 10.1. The molecule has 2 nitrogen and oxygen atoms in total. The van der Waals surface area contributed by atoms with E-state index < -0.39 is 0 Å². The first-order chi connectivity index (χ1) is 9.74. The molecule has 0 aliphatic carbocycles. The van der Waals surface area contributed by atoms with Gasteiger partial charge in [0.2, 0.25) is 0 Å². The van der Waals surface area contributed by atoms with Crippen LogP contribution in [-0.2, 0) is 6.61 Å². The maximum Gasteiger partial charge on any atom is 0.120 e. The van der Waals surface area contributed by atoms with Gasteiger partial charge in [-0.1, -0.05) is 52.3 Å². The van der Waals surface area contributed by atoms with Crippen LogP contribution >= 0.6 is 15.9 Å². The van der Waals surface area contributed by atoms with Crippen LogP contribution in [0, 0.1) is 0 Å². The highest BCUT2D eigenvalue weighted by atomic mass is 79.9. The zero-order chi connectivity index (χ0) is 13.9. The monoisotopic (exact) mass is 327 g/mol. The Hall–Kier alpha value is -2.00. The molecule has 0 atom stereocenters. The van der Waals surface area contributed by atoms with Crippen molar-refractivity contribution in [1.29, 1.82) is 0 Å². The van der Waals surface area contributed by atoms with Gasteiger partial charge in [0.05, 0.1) is 0 Å². The summed E-state index contributed by atoms with van der Waals surface area (Å²) in [5.74, 6) is 0.846. The molecule has 3 heteroatoms. The fraction of sp³-hybridized carbons (Fsp3) is 0.0588. The van der Waals surface area contributed by atoms with Crippen LogP contribution < -0.4 is 10.5 Å². The van der Waals surface area contributed by atoms with Gasteiger partial charge in [0, 0.05) is 15.7 Å². The molecule has 0 saturated carbocycles. The van der Waals surface area contributed by atoms with Gasteiger partial charge in [-0.25, -0.2) is 0 Å². The zero-order valence-corrected chi connectivity index (χ0v) is 12.4. The third-order valence-electron chi connectivity index (χ3n) is 3.26. The highest BCUT2D eigenvalue weighted by Gasteiger charge is 2.05. The molecule has 0 spiro atoms. The Balaban J connectivity index is 1.83. The summed E-state index contributed by atoms with van der Waals surface area (Å²) in [7, 11) is 0. The van der Waals surface area contributed by atoms with Crippen molar-refractivity contribution in [3.63, 3.8) is 0 Å². The van der Waals surface area contributed by atoms with E-state index in [9.17, 15) is 0 Å². The summed E-state index contributed by atoms with van der Waals surface area (Å²) in [4.78, 5) is 0. The lowest BCUT2D eigenvalue weighted by Crippen LogP contribution is -2.01. The lowest BCUT2D eigenvalue weighted by molar-refractivity contribution is 0.306. The molecular formula is C17H14BrNO. The summed E-state index contributed by atoms with van der Waals surface area (Å²) in [6.07, 6.45) is 0. The SMILES string of the molecule is Nc1cccc(Br)c1COc1ccc2ccccc2c1. The van der Waals surface area contributed by atoms with Crippen molar-refractivity contribution in [2.24, 2.45) is 0 Å². The number of nitrogen functional groups attached to an aromatic ring is 1. The van der Waals surface area contributed by atoms with Crippen LogP contribution in [0.15, 0.2) is 65.1 Å². The van der Waals surface area contributed by atoms with Crippen LogP contribution in [0.1, 0.15) is 5.56 Å². The lowest BCUT2D eigenvalue weighted by Gasteiger charge is -2.11. The predicted molar refractivity (Wildman–Crippen MR) is 86.8 cm³/mol. The molecule has 0 aromatic heterocycles. The van der Waals surface area contributed by atoms with E-state index in [1.165, 1.54) is 10.8 Å². The van der Waals surface area contributed by atoms with Crippen LogP contribution in [0.4, 0.5) is 5.69 Å². The van der Waals surface area contributed by atoms with Gasteiger partial charge in [0.25, 0.3) is 0 Å². The molecule has 20 heavy (non-hydrogen) atoms. The van der Waals surface area contributed by atoms with Gasteiger partial charge in [0.15, 0.2) is 0 Å². The molecule has 2 N–H and O–H groups in total. The molecule has 0 amide bonds. The van der Waals surface area contributed by atoms with Gasteiger partial charge in [-0.15, -0.1) is 0 Å². The Labute approximate surface area is 126 Å². The molecule has 0 aliphatic rings. The van der Waals surface area contributed by atoms with E-state index in [0.717, 1.165) is 21.5 Å². The fourth-order valence-electron chi connectivity index (χ4n) is 2.14. The fourth-order valence-corrected chi connectivity index (χ4v) is 2.64. The summed E-state index contributed by atoms with van der Waals surface area (Å²) < 4.78 is 6.82. The Bertz CT molecular complexity index is 735. The van der Waals surface area contributed by atoms with E-state index >= 15 is 0 Å². The van der Waals surface area contributed by atoms with Crippen molar-refractivity contribution in [1.82, 2.24) is 0 Å². The van der Waals surface area contributed by atoms with Crippen molar-refractivity contribution < 1.29 is 4.74 Å². The minimum absolute atomic E-state index is 0.450. The molecular weight excluding hydrogens is 314 g/mol. The molecule has 0 fully saturated rings. The Kier molecular flexibility index (Phi) is 3.61. The number of ether oxygens (including phenoxy) is 1. The predicted octanol–water partition coefficient (Wildman–Crippen LogP) is 4.76. The second kappa shape index (κ2) is 5.55. The minimum Gasteiger partial charge on any atom is -0.489 e. The van der Waals surface area contributed by atoms with Crippen molar-refractivity contribution in [2.75, 3.05) is 5.73 Å². The maximum absolute atomic E-state index is 5.97. The van der Waals surface area contributed by atoms with E-state index in [4.69, 9.17) is 10.5 Å². The molecule has 3 aromatic rings. The standard InChI is InChI=1S/C17H14BrNO/c18-16-6-3-7-17(19)15(16)11-20-14-9-8-12-4-1-2-5-13(12)10-14/h1-10H,11,19H2. The third kappa shape index (κ3) is 2.63. The highest BCUT2D eigenvalue weighted by Crippen LogP contribution is 2.26. The maximum atomic E-state index is 5.97. The molecule has 0 radical (unpaired) electrons. The van der Waals surface area contributed by atoms with E-state index in [1.807, 2.05) is 42.5 Å². The number of halogens is 1. The second-order valence-corrected chi connectivity index (χ2v) is 5.46. The van der Waals surface area contributed by atoms with E-state index in [1.54, 1.807) is 0 Å². The average molecular weight is 328 g/mol. The normalized spacial score (nSPS) is 10.7. The van der Waals surface area contributed by atoms with Crippen molar-refractivity contribution >= 4 is 32.4 Å². The van der Waals surface area contributed by atoms with Gasteiger partial charge in [-0.2, -0.15) is 0 Å². The molecule has 3 rings (SSSR count). The number of hydrogen-bond donors (Lipinski definition) is 1. The van der Waals surface area contributed by atoms with Crippen LogP contribution in [-0.4, -0.2) is 0 Å². The first-order valence-corrected chi connectivity index (χ1v) is 7.18. The highest BCUT2D eigenvalue weighted by molar-refractivity contribution is 9.10. The van der Waals surface area contributed by atoms with Gasteiger partial charge in [-0.05, 0) is 35.0 Å². The van der Waals surface area contributed by atoms with Crippen molar-refractivity contribution in [3.05, 3.63) is 70.7 Å². The quantitative estimate of drug-likeness (QED) is 0.703. The Morgan fingerprint density at radius 2 is 1.70 bits per heavy atom.